The van der Waals surface area contributed by atoms with Gasteiger partial charge in [0.25, 0.3) is 0 Å². The van der Waals surface area contributed by atoms with Gasteiger partial charge in [-0.15, -0.1) is 0 Å². The van der Waals surface area contributed by atoms with Crippen molar-refractivity contribution < 1.29 is 13.6 Å². The lowest BCUT2D eigenvalue weighted by Crippen LogP contribution is -2.52. The molecule has 0 spiro atoms. The molecule has 0 aliphatic carbocycles. The van der Waals surface area contributed by atoms with Gasteiger partial charge in [-0.3, -0.25) is 9.69 Å². The molecule has 0 saturated carbocycles. The zero-order chi connectivity index (χ0) is 15.5. The van der Waals surface area contributed by atoms with Crippen LogP contribution >= 0.6 is 0 Å². The number of halogens is 2. The molecule has 1 unspecified atom stereocenters. The van der Waals surface area contributed by atoms with Crippen molar-refractivity contribution in [3.05, 3.63) is 35.4 Å². The minimum absolute atomic E-state index is 0.0748. The number of rotatable bonds is 3. The molecule has 1 aromatic rings. The molecule has 0 bridgehead atoms. The summed E-state index contributed by atoms with van der Waals surface area (Å²) in [6, 6.07) is 4.54. The van der Waals surface area contributed by atoms with E-state index in [0.717, 1.165) is 38.7 Å². The van der Waals surface area contributed by atoms with Crippen molar-refractivity contribution in [2.45, 2.75) is 18.9 Å². The Morgan fingerprint density at radius 2 is 2.00 bits per heavy atom. The molecule has 6 heteroatoms. The van der Waals surface area contributed by atoms with Crippen molar-refractivity contribution in [1.29, 1.82) is 0 Å². The van der Waals surface area contributed by atoms with Crippen LogP contribution in [0.4, 0.5) is 8.78 Å². The Balaban J connectivity index is 1.54. The molecule has 0 radical (unpaired) electrons. The van der Waals surface area contributed by atoms with Gasteiger partial charge in [0, 0.05) is 44.3 Å². The molecule has 2 aliphatic heterocycles. The maximum atomic E-state index is 13.6. The van der Waals surface area contributed by atoms with Gasteiger partial charge in [0.2, 0.25) is 5.91 Å². The quantitative estimate of drug-likeness (QED) is 0.905. The largest absolute Gasteiger partial charge is 0.340 e. The average molecular weight is 309 g/mol. The van der Waals surface area contributed by atoms with E-state index in [-0.39, 0.29) is 17.9 Å². The topological polar surface area (TPSA) is 35.6 Å². The molecule has 2 aliphatic rings. The van der Waals surface area contributed by atoms with E-state index in [9.17, 15) is 13.6 Å². The van der Waals surface area contributed by atoms with E-state index in [0.29, 0.717) is 19.1 Å². The van der Waals surface area contributed by atoms with Crippen LogP contribution in [-0.2, 0) is 11.2 Å². The van der Waals surface area contributed by atoms with Gasteiger partial charge in [-0.25, -0.2) is 8.78 Å². The van der Waals surface area contributed by atoms with E-state index in [1.54, 1.807) is 4.90 Å². The zero-order valence-electron chi connectivity index (χ0n) is 12.5. The van der Waals surface area contributed by atoms with Gasteiger partial charge >= 0.3 is 0 Å². The first kappa shape index (κ1) is 15.4. The van der Waals surface area contributed by atoms with E-state index < -0.39 is 11.6 Å². The molecular weight excluding hydrogens is 288 g/mol. The second-order valence-corrected chi connectivity index (χ2v) is 5.95. The predicted molar refractivity (Wildman–Crippen MR) is 79.5 cm³/mol. The van der Waals surface area contributed by atoms with Crippen LogP contribution in [0.2, 0.25) is 0 Å². The molecule has 3 rings (SSSR count). The Morgan fingerprint density at radius 1 is 1.23 bits per heavy atom. The van der Waals surface area contributed by atoms with Crippen LogP contribution in [0.3, 0.4) is 0 Å². The van der Waals surface area contributed by atoms with Gasteiger partial charge in [-0.2, -0.15) is 0 Å². The fourth-order valence-electron chi connectivity index (χ4n) is 3.25. The molecule has 2 saturated heterocycles. The highest BCUT2D eigenvalue weighted by Gasteiger charge is 2.28. The molecule has 2 fully saturated rings. The number of amides is 1. The van der Waals surface area contributed by atoms with E-state index in [2.05, 4.69) is 10.2 Å². The number of nitrogens with one attached hydrogen (secondary N) is 1. The van der Waals surface area contributed by atoms with Crippen molar-refractivity contribution in [1.82, 2.24) is 15.1 Å². The summed E-state index contributed by atoms with van der Waals surface area (Å²) in [5.74, 6) is -1.94. The molecule has 1 N–H and O–H groups in total. The summed E-state index contributed by atoms with van der Waals surface area (Å²) < 4.78 is 26.8. The fourth-order valence-corrected chi connectivity index (χ4v) is 3.25. The number of nitrogens with zero attached hydrogens (tertiary/aromatic N) is 2. The number of hydrogen-bond donors (Lipinski definition) is 1. The molecule has 2 heterocycles. The minimum atomic E-state index is -0.911. The Morgan fingerprint density at radius 3 is 2.68 bits per heavy atom. The molecule has 1 atom stereocenters. The molecule has 120 valence electrons. The standard InChI is InChI=1S/C16H21F2N3O/c17-14-3-1-2-12(16(14)18)10-15(22)21-8-6-20(7-9-21)13-4-5-19-11-13/h1-3,13,19H,4-11H2. The van der Waals surface area contributed by atoms with E-state index in [1.165, 1.54) is 12.1 Å². The van der Waals surface area contributed by atoms with Crippen molar-refractivity contribution in [3.63, 3.8) is 0 Å². The van der Waals surface area contributed by atoms with Crippen LogP contribution in [0, 0.1) is 11.6 Å². The third-order valence-corrected chi connectivity index (χ3v) is 4.59. The summed E-state index contributed by atoms with van der Waals surface area (Å²) in [5, 5.41) is 3.35. The van der Waals surface area contributed by atoms with Crippen LogP contribution in [0.25, 0.3) is 0 Å². The van der Waals surface area contributed by atoms with Gasteiger partial charge in [0.15, 0.2) is 11.6 Å². The number of hydrogen-bond acceptors (Lipinski definition) is 3. The summed E-state index contributed by atoms with van der Waals surface area (Å²) in [6.07, 6.45) is 1.08. The number of benzene rings is 1. The molecule has 0 aromatic heterocycles. The van der Waals surface area contributed by atoms with Crippen molar-refractivity contribution in [3.8, 4) is 0 Å². The number of carbonyl (C=O) groups is 1. The number of piperazine rings is 1. The van der Waals surface area contributed by atoms with Crippen LogP contribution in [0.1, 0.15) is 12.0 Å². The lowest BCUT2D eigenvalue weighted by molar-refractivity contribution is -0.132. The smallest absolute Gasteiger partial charge is 0.227 e. The van der Waals surface area contributed by atoms with E-state index in [1.807, 2.05) is 0 Å². The van der Waals surface area contributed by atoms with Crippen molar-refractivity contribution >= 4 is 5.91 Å². The summed E-state index contributed by atoms with van der Waals surface area (Å²) in [4.78, 5) is 16.4. The third kappa shape index (κ3) is 3.28. The first-order valence-electron chi connectivity index (χ1n) is 7.80. The normalized spacial score (nSPS) is 23.0. The van der Waals surface area contributed by atoms with E-state index in [4.69, 9.17) is 0 Å². The molecular formula is C16H21F2N3O. The summed E-state index contributed by atoms with van der Waals surface area (Å²) >= 11 is 0. The first-order valence-corrected chi connectivity index (χ1v) is 7.80. The van der Waals surface area contributed by atoms with Gasteiger partial charge in [0.1, 0.15) is 0 Å². The molecule has 22 heavy (non-hydrogen) atoms. The Bertz CT molecular complexity index is 538. The van der Waals surface area contributed by atoms with Crippen LogP contribution < -0.4 is 5.32 Å². The third-order valence-electron chi connectivity index (χ3n) is 4.59. The van der Waals surface area contributed by atoms with Crippen LogP contribution in [0.15, 0.2) is 18.2 Å². The van der Waals surface area contributed by atoms with Gasteiger partial charge in [0.05, 0.1) is 6.42 Å². The van der Waals surface area contributed by atoms with E-state index >= 15 is 0 Å². The average Bonchev–Trinajstić information content (AvgIpc) is 3.06. The highest BCUT2D eigenvalue weighted by atomic mass is 19.2. The Kier molecular flexibility index (Phi) is 4.69. The van der Waals surface area contributed by atoms with Crippen molar-refractivity contribution in [2.24, 2.45) is 0 Å². The summed E-state index contributed by atoms with van der Waals surface area (Å²) in [5.41, 5.74) is 0.132. The lowest BCUT2D eigenvalue weighted by Gasteiger charge is -2.37. The van der Waals surface area contributed by atoms with Crippen LogP contribution in [-0.4, -0.2) is 61.0 Å². The molecule has 4 nitrogen and oxygen atoms in total. The highest BCUT2D eigenvalue weighted by molar-refractivity contribution is 5.79. The fraction of sp³-hybridized carbons (Fsp3) is 0.562. The zero-order valence-corrected chi connectivity index (χ0v) is 12.5. The SMILES string of the molecule is O=C(Cc1cccc(F)c1F)N1CCN(C2CCNC2)CC1. The number of carbonyl (C=O) groups excluding carboxylic acids is 1. The predicted octanol–water partition coefficient (Wildman–Crippen LogP) is 1.01. The maximum absolute atomic E-state index is 13.6. The Labute approximate surface area is 129 Å². The second-order valence-electron chi connectivity index (χ2n) is 5.95. The summed E-state index contributed by atoms with van der Waals surface area (Å²) in [7, 11) is 0. The van der Waals surface area contributed by atoms with Gasteiger partial charge < -0.3 is 10.2 Å². The summed E-state index contributed by atoms with van der Waals surface area (Å²) in [6.45, 7) is 5.09. The Hall–Kier alpha value is -1.53. The van der Waals surface area contributed by atoms with Crippen LogP contribution in [0.5, 0.6) is 0 Å². The first-order chi connectivity index (χ1) is 10.6. The van der Waals surface area contributed by atoms with Gasteiger partial charge in [-0.1, -0.05) is 12.1 Å². The second kappa shape index (κ2) is 6.71. The van der Waals surface area contributed by atoms with Gasteiger partial charge in [-0.05, 0) is 19.0 Å². The monoisotopic (exact) mass is 309 g/mol. The van der Waals surface area contributed by atoms with Crippen molar-refractivity contribution in [2.75, 3.05) is 39.3 Å². The molecule has 1 amide bonds. The molecule has 1 aromatic carbocycles. The maximum Gasteiger partial charge on any atom is 0.227 e. The highest BCUT2D eigenvalue weighted by Crippen LogP contribution is 2.15. The lowest BCUT2D eigenvalue weighted by atomic mass is 10.1. The minimum Gasteiger partial charge on any atom is -0.340 e.